The molecule has 1 aliphatic rings. The molecule has 0 aliphatic heterocycles. The number of nitrogens with zero attached hydrogens (tertiary/aromatic N) is 1. The van der Waals surface area contributed by atoms with Crippen LogP contribution < -0.4 is 5.32 Å². The minimum absolute atomic E-state index is 0.971. The third kappa shape index (κ3) is 2.72. The van der Waals surface area contributed by atoms with Gasteiger partial charge in [0.2, 0.25) is 0 Å². The zero-order chi connectivity index (χ0) is 9.64. The monoisotopic (exact) mass is 190 g/mol. The molecule has 2 heteroatoms. The largest absolute Gasteiger partial charge is 0.384 e. The van der Waals surface area contributed by atoms with E-state index in [1.54, 1.807) is 0 Å². The molecule has 0 atom stereocenters. The average Bonchev–Trinajstić information content (AvgIpc) is 2.72. The maximum atomic E-state index is 4.07. The molecule has 0 aromatic carbocycles. The summed E-state index contributed by atoms with van der Waals surface area (Å²) in [4.78, 5) is 4.07. The summed E-state index contributed by atoms with van der Waals surface area (Å²) in [6, 6.07) is 4.04. The number of anilines is 1. The Morgan fingerprint density at radius 2 is 2.21 bits per heavy atom. The Balaban J connectivity index is 1.67. The van der Waals surface area contributed by atoms with Crippen molar-refractivity contribution >= 4 is 5.69 Å². The van der Waals surface area contributed by atoms with Crippen LogP contribution in [0.25, 0.3) is 0 Å². The van der Waals surface area contributed by atoms with Gasteiger partial charge in [0.15, 0.2) is 0 Å². The van der Waals surface area contributed by atoms with Crippen LogP contribution in [0.4, 0.5) is 5.69 Å². The van der Waals surface area contributed by atoms with E-state index >= 15 is 0 Å². The predicted molar refractivity (Wildman–Crippen MR) is 59.3 cm³/mol. The van der Waals surface area contributed by atoms with Crippen LogP contribution in [0, 0.1) is 5.92 Å². The fourth-order valence-electron chi connectivity index (χ4n) is 2.19. The van der Waals surface area contributed by atoms with Crippen molar-refractivity contribution in [3.05, 3.63) is 24.5 Å². The SMILES string of the molecule is c1cncc(NCCC2CCCC2)c1. The van der Waals surface area contributed by atoms with Crippen molar-refractivity contribution in [1.82, 2.24) is 4.98 Å². The van der Waals surface area contributed by atoms with Gasteiger partial charge in [-0.15, -0.1) is 0 Å². The van der Waals surface area contributed by atoms with Crippen LogP contribution in [0.2, 0.25) is 0 Å². The topological polar surface area (TPSA) is 24.9 Å². The van der Waals surface area contributed by atoms with Crippen LogP contribution in [0.15, 0.2) is 24.5 Å². The van der Waals surface area contributed by atoms with Crippen LogP contribution in [-0.4, -0.2) is 11.5 Å². The zero-order valence-corrected chi connectivity index (χ0v) is 8.58. The molecule has 0 spiro atoms. The van der Waals surface area contributed by atoms with Gasteiger partial charge in [-0.2, -0.15) is 0 Å². The number of aromatic nitrogens is 1. The summed E-state index contributed by atoms with van der Waals surface area (Å²) in [7, 11) is 0. The third-order valence-corrected chi connectivity index (χ3v) is 3.02. The second-order valence-corrected chi connectivity index (χ2v) is 4.11. The van der Waals surface area contributed by atoms with Crippen molar-refractivity contribution < 1.29 is 0 Å². The summed E-state index contributed by atoms with van der Waals surface area (Å²) in [6.45, 7) is 1.09. The molecule has 0 bridgehead atoms. The molecule has 2 rings (SSSR count). The van der Waals surface area contributed by atoms with Gasteiger partial charge in [0.05, 0.1) is 5.69 Å². The van der Waals surface area contributed by atoms with Crippen molar-refractivity contribution in [2.45, 2.75) is 32.1 Å². The number of hydrogen-bond donors (Lipinski definition) is 1. The van der Waals surface area contributed by atoms with E-state index in [4.69, 9.17) is 0 Å². The molecule has 1 aromatic rings. The Labute approximate surface area is 85.7 Å². The summed E-state index contributed by atoms with van der Waals surface area (Å²) in [6.07, 6.45) is 10.8. The molecule has 76 valence electrons. The van der Waals surface area contributed by atoms with Crippen LogP contribution in [0.5, 0.6) is 0 Å². The molecule has 1 aromatic heterocycles. The van der Waals surface area contributed by atoms with Gasteiger partial charge in [-0.05, 0) is 24.5 Å². The minimum Gasteiger partial charge on any atom is -0.384 e. The van der Waals surface area contributed by atoms with Gasteiger partial charge in [-0.3, -0.25) is 4.98 Å². The highest BCUT2D eigenvalue weighted by molar-refractivity contribution is 5.39. The van der Waals surface area contributed by atoms with Gasteiger partial charge >= 0.3 is 0 Å². The normalized spacial score (nSPS) is 17.1. The summed E-state index contributed by atoms with van der Waals surface area (Å²) in [5.41, 5.74) is 1.14. The number of pyridine rings is 1. The van der Waals surface area contributed by atoms with Gasteiger partial charge in [0.25, 0.3) is 0 Å². The molecular formula is C12H18N2. The lowest BCUT2D eigenvalue weighted by Crippen LogP contribution is -2.06. The highest BCUT2D eigenvalue weighted by Gasteiger charge is 2.13. The Bertz CT molecular complexity index is 252. The standard InChI is InChI=1S/C12H18N2/c1-2-5-11(4-1)7-9-14-12-6-3-8-13-10-12/h3,6,8,10-11,14H,1-2,4-5,7,9H2. The fraction of sp³-hybridized carbons (Fsp3) is 0.583. The molecule has 1 aliphatic carbocycles. The maximum Gasteiger partial charge on any atom is 0.0526 e. The molecule has 1 saturated carbocycles. The first-order chi connectivity index (χ1) is 6.95. The van der Waals surface area contributed by atoms with Crippen molar-refractivity contribution in [3.63, 3.8) is 0 Å². The van der Waals surface area contributed by atoms with E-state index < -0.39 is 0 Å². The Kier molecular flexibility index (Phi) is 3.39. The van der Waals surface area contributed by atoms with Gasteiger partial charge in [0.1, 0.15) is 0 Å². The molecule has 1 heterocycles. The van der Waals surface area contributed by atoms with Crippen LogP contribution >= 0.6 is 0 Å². The van der Waals surface area contributed by atoms with Crippen LogP contribution in [0.1, 0.15) is 32.1 Å². The van der Waals surface area contributed by atoms with Crippen molar-refractivity contribution in [2.75, 3.05) is 11.9 Å². The van der Waals surface area contributed by atoms with Crippen molar-refractivity contribution in [2.24, 2.45) is 5.92 Å². The molecule has 1 N–H and O–H groups in total. The maximum absolute atomic E-state index is 4.07. The minimum atomic E-state index is 0.971. The average molecular weight is 190 g/mol. The van der Waals surface area contributed by atoms with Crippen molar-refractivity contribution in [3.8, 4) is 0 Å². The molecule has 0 saturated heterocycles. The van der Waals surface area contributed by atoms with E-state index in [1.807, 2.05) is 18.5 Å². The fourth-order valence-corrected chi connectivity index (χ4v) is 2.19. The lowest BCUT2D eigenvalue weighted by atomic mass is 10.0. The second kappa shape index (κ2) is 4.99. The van der Waals surface area contributed by atoms with Crippen LogP contribution in [0.3, 0.4) is 0 Å². The predicted octanol–water partition coefficient (Wildman–Crippen LogP) is 3.07. The Morgan fingerprint density at radius 1 is 1.36 bits per heavy atom. The molecular weight excluding hydrogens is 172 g/mol. The third-order valence-electron chi connectivity index (χ3n) is 3.02. The summed E-state index contributed by atoms with van der Waals surface area (Å²) < 4.78 is 0. The smallest absolute Gasteiger partial charge is 0.0526 e. The van der Waals surface area contributed by atoms with E-state index in [2.05, 4.69) is 16.4 Å². The molecule has 14 heavy (non-hydrogen) atoms. The van der Waals surface area contributed by atoms with Gasteiger partial charge in [-0.1, -0.05) is 25.7 Å². The summed E-state index contributed by atoms with van der Waals surface area (Å²) in [5.74, 6) is 0.971. The molecule has 0 amide bonds. The molecule has 2 nitrogen and oxygen atoms in total. The van der Waals surface area contributed by atoms with E-state index in [-0.39, 0.29) is 0 Å². The Hall–Kier alpha value is -1.05. The highest BCUT2D eigenvalue weighted by atomic mass is 14.9. The van der Waals surface area contributed by atoms with Gasteiger partial charge < -0.3 is 5.32 Å². The number of nitrogens with one attached hydrogen (secondary N) is 1. The second-order valence-electron chi connectivity index (χ2n) is 4.11. The van der Waals surface area contributed by atoms with Gasteiger partial charge in [0, 0.05) is 18.9 Å². The Morgan fingerprint density at radius 3 is 2.93 bits per heavy atom. The summed E-state index contributed by atoms with van der Waals surface area (Å²) in [5, 5.41) is 3.41. The van der Waals surface area contributed by atoms with E-state index in [0.29, 0.717) is 0 Å². The number of rotatable bonds is 4. The van der Waals surface area contributed by atoms with E-state index in [9.17, 15) is 0 Å². The first-order valence-corrected chi connectivity index (χ1v) is 5.59. The molecule has 1 fully saturated rings. The summed E-state index contributed by atoms with van der Waals surface area (Å²) >= 11 is 0. The lowest BCUT2D eigenvalue weighted by molar-refractivity contribution is 0.518. The lowest BCUT2D eigenvalue weighted by Gasteiger charge is -2.10. The van der Waals surface area contributed by atoms with E-state index in [0.717, 1.165) is 18.2 Å². The van der Waals surface area contributed by atoms with E-state index in [1.165, 1.54) is 32.1 Å². The molecule has 0 radical (unpaired) electrons. The van der Waals surface area contributed by atoms with Crippen molar-refractivity contribution in [1.29, 1.82) is 0 Å². The van der Waals surface area contributed by atoms with Crippen LogP contribution in [-0.2, 0) is 0 Å². The highest BCUT2D eigenvalue weighted by Crippen LogP contribution is 2.27. The number of hydrogen-bond acceptors (Lipinski definition) is 2. The van der Waals surface area contributed by atoms with Gasteiger partial charge in [-0.25, -0.2) is 0 Å². The first kappa shape index (κ1) is 9.50. The quantitative estimate of drug-likeness (QED) is 0.789. The molecule has 0 unspecified atom stereocenters. The first-order valence-electron chi connectivity index (χ1n) is 5.59. The zero-order valence-electron chi connectivity index (χ0n) is 8.58.